The van der Waals surface area contributed by atoms with Gasteiger partial charge in [-0.3, -0.25) is 5.73 Å². The SMILES string of the molecule is CCOC(=O)C1(N)C=c2c(Cl)cc(Cl)cc2=N1. The van der Waals surface area contributed by atoms with Crippen LogP contribution >= 0.6 is 23.2 Å². The molecule has 0 saturated carbocycles. The maximum Gasteiger partial charge on any atom is 0.353 e. The molecule has 2 N–H and O–H groups in total. The minimum absolute atomic E-state index is 0.242. The van der Waals surface area contributed by atoms with E-state index in [2.05, 4.69) is 4.99 Å². The first-order valence-corrected chi connectivity index (χ1v) is 5.76. The second-order valence-electron chi connectivity index (χ2n) is 3.62. The minimum Gasteiger partial charge on any atom is -0.463 e. The number of ether oxygens (including phenoxy) is 1. The van der Waals surface area contributed by atoms with Crippen LogP contribution in [-0.2, 0) is 9.53 Å². The zero-order chi connectivity index (χ0) is 12.6. The molecular weight excluding hydrogens is 263 g/mol. The van der Waals surface area contributed by atoms with E-state index in [0.29, 0.717) is 20.6 Å². The number of esters is 1. The van der Waals surface area contributed by atoms with Gasteiger partial charge >= 0.3 is 5.97 Å². The standard InChI is InChI=1S/C11H10Cl2N2O2/c1-2-17-10(16)11(14)5-7-8(13)3-6(12)4-9(7)15-11/h3-5H,2,14H2,1H3. The summed E-state index contributed by atoms with van der Waals surface area (Å²) in [7, 11) is 0. The monoisotopic (exact) mass is 272 g/mol. The first-order chi connectivity index (χ1) is 7.96. The molecular formula is C11H10Cl2N2O2. The summed E-state index contributed by atoms with van der Waals surface area (Å²) in [5.74, 6) is -0.608. The van der Waals surface area contributed by atoms with Crippen LogP contribution in [0.1, 0.15) is 6.92 Å². The molecule has 1 aliphatic rings. The van der Waals surface area contributed by atoms with E-state index in [1.54, 1.807) is 19.1 Å². The Morgan fingerprint density at radius 3 is 2.88 bits per heavy atom. The van der Waals surface area contributed by atoms with Crippen molar-refractivity contribution < 1.29 is 9.53 Å². The van der Waals surface area contributed by atoms with Crippen LogP contribution in [0.4, 0.5) is 0 Å². The van der Waals surface area contributed by atoms with Crippen LogP contribution in [0.3, 0.4) is 0 Å². The number of nitrogens with two attached hydrogens (primary N) is 1. The molecule has 1 heterocycles. The molecule has 1 unspecified atom stereocenters. The maximum absolute atomic E-state index is 11.7. The highest BCUT2D eigenvalue weighted by Gasteiger charge is 2.35. The third kappa shape index (κ3) is 2.16. The molecule has 0 amide bonds. The normalized spacial score (nSPS) is 21.4. The molecule has 1 aromatic carbocycles. The van der Waals surface area contributed by atoms with E-state index in [0.717, 1.165) is 0 Å². The molecule has 0 radical (unpaired) electrons. The van der Waals surface area contributed by atoms with Crippen LogP contribution < -0.4 is 16.3 Å². The van der Waals surface area contributed by atoms with Gasteiger partial charge in [-0.2, -0.15) is 0 Å². The molecule has 0 spiro atoms. The maximum atomic E-state index is 11.7. The lowest BCUT2D eigenvalue weighted by molar-refractivity contribution is -0.146. The fraction of sp³-hybridized carbons (Fsp3) is 0.273. The van der Waals surface area contributed by atoms with Gasteiger partial charge < -0.3 is 4.74 Å². The van der Waals surface area contributed by atoms with Crippen molar-refractivity contribution in [2.24, 2.45) is 10.7 Å². The van der Waals surface area contributed by atoms with Gasteiger partial charge in [-0.25, -0.2) is 9.79 Å². The first-order valence-electron chi connectivity index (χ1n) is 5.00. The summed E-state index contributed by atoms with van der Waals surface area (Å²) in [5, 5.41) is 1.96. The van der Waals surface area contributed by atoms with E-state index in [1.165, 1.54) is 6.08 Å². The van der Waals surface area contributed by atoms with Gasteiger partial charge in [-0.15, -0.1) is 0 Å². The van der Waals surface area contributed by atoms with Gasteiger partial charge in [-0.1, -0.05) is 23.2 Å². The van der Waals surface area contributed by atoms with Crippen LogP contribution in [0, 0.1) is 0 Å². The Kier molecular flexibility index (Phi) is 3.12. The molecule has 1 atom stereocenters. The molecule has 0 aromatic heterocycles. The van der Waals surface area contributed by atoms with Gasteiger partial charge in [-0.05, 0) is 25.1 Å². The number of nitrogens with zero attached hydrogens (tertiary/aromatic N) is 1. The Balaban J connectivity index is 2.56. The van der Waals surface area contributed by atoms with Crippen molar-refractivity contribution in [2.75, 3.05) is 6.61 Å². The van der Waals surface area contributed by atoms with Crippen molar-refractivity contribution in [1.82, 2.24) is 0 Å². The third-order valence-electron chi connectivity index (χ3n) is 2.34. The van der Waals surface area contributed by atoms with Gasteiger partial charge in [0.15, 0.2) is 0 Å². The zero-order valence-corrected chi connectivity index (χ0v) is 10.5. The molecule has 0 fully saturated rings. The Bertz CT molecular complexity index is 600. The molecule has 1 aliphatic heterocycles. The minimum atomic E-state index is -1.51. The summed E-state index contributed by atoms with van der Waals surface area (Å²) in [6.07, 6.45) is 1.49. The fourth-order valence-electron chi connectivity index (χ4n) is 1.61. The predicted octanol–water partition coefficient (Wildman–Crippen LogP) is 0.625. The quantitative estimate of drug-likeness (QED) is 0.803. The van der Waals surface area contributed by atoms with E-state index >= 15 is 0 Å². The average molecular weight is 273 g/mol. The lowest BCUT2D eigenvalue weighted by atomic mass is 10.2. The van der Waals surface area contributed by atoms with E-state index < -0.39 is 11.6 Å². The van der Waals surface area contributed by atoms with E-state index in [1.807, 2.05) is 0 Å². The summed E-state index contributed by atoms with van der Waals surface area (Å²) in [4.78, 5) is 15.8. The molecule has 90 valence electrons. The number of hydrogen-bond donors (Lipinski definition) is 1. The molecule has 17 heavy (non-hydrogen) atoms. The number of carbonyl (C=O) groups is 1. The summed E-state index contributed by atoms with van der Waals surface area (Å²) in [6.45, 7) is 1.94. The predicted molar refractivity (Wildman–Crippen MR) is 65.3 cm³/mol. The van der Waals surface area contributed by atoms with Crippen LogP contribution in [0.25, 0.3) is 6.08 Å². The highest BCUT2D eigenvalue weighted by atomic mass is 35.5. The highest BCUT2D eigenvalue weighted by Crippen LogP contribution is 2.15. The van der Waals surface area contributed by atoms with Gasteiger partial charge in [0.05, 0.1) is 17.0 Å². The second-order valence-corrected chi connectivity index (χ2v) is 4.47. The van der Waals surface area contributed by atoms with Crippen molar-refractivity contribution in [3.63, 3.8) is 0 Å². The number of carbonyl (C=O) groups excluding carboxylic acids is 1. The molecule has 6 heteroatoms. The lowest BCUT2D eigenvalue weighted by Crippen LogP contribution is -2.44. The third-order valence-corrected chi connectivity index (χ3v) is 2.88. The van der Waals surface area contributed by atoms with Crippen LogP contribution in [0.5, 0.6) is 0 Å². The molecule has 0 aliphatic carbocycles. The van der Waals surface area contributed by atoms with Crippen molar-refractivity contribution in [3.05, 3.63) is 32.8 Å². The Morgan fingerprint density at radius 2 is 2.24 bits per heavy atom. The van der Waals surface area contributed by atoms with Gasteiger partial charge in [0, 0.05) is 10.2 Å². The van der Waals surface area contributed by atoms with Gasteiger partial charge in [0.1, 0.15) is 0 Å². The van der Waals surface area contributed by atoms with Crippen LogP contribution in [0.2, 0.25) is 10.0 Å². The Morgan fingerprint density at radius 1 is 1.53 bits per heavy atom. The lowest BCUT2D eigenvalue weighted by Gasteiger charge is -2.15. The number of hydrogen-bond acceptors (Lipinski definition) is 4. The van der Waals surface area contributed by atoms with Crippen molar-refractivity contribution in [2.45, 2.75) is 12.6 Å². The largest absolute Gasteiger partial charge is 0.463 e. The first kappa shape index (κ1) is 12.4. The molecule has 0 bridgehead atoms. The molecule has 0 saturated heterocycles. The Hall–Kier alpha value is -1.10. The fourth-order valence-corrected chi connectivity index (χ4v) is 2.15. The smallest absolute Gasteiger partial charge is 0.353 e. The number of fused-ring (bicyclic) bond motifs is 1. The van der Waals surface area contributed by atoms with Gasteiger partial charge in [0.25, 0.3) is 0 Å². The number of rotatable bonds is 2. The summed E-state index contributed by atoms with van der Waals surface area (Å²) in [5.41, 5.74) is 4.35. The van der Waals surface area contributed by atoms with Crippen molar-refractivity contribution >= 4 is 35.2 Å². The summed E-state index contributed by atoms with van der Waals surface area (Å²) in [6, 6.07) is 3.18. The number of halogens is 2. The Labute approximate surface area is 108 Å². The number of benzene rings is 1. The second kappa shape index (κ2) is 4.29. The summed E-state index contributed by atoms with van der Waals surface area (Å²) >= 11 is 11.8. The van der Waals surface area contributed by atoms with E-state index in [-0.39, 0.29) is 6.61 Å². The summed E-state index contributed by atoms with van der Waals surface area (Å²) < 4.78 is 4.87. The van der Waals surface area contributed by atoms with E-state index in [9.17, 15) is 4.79 Å². The molecule has 1 aromatic rings. The van der Waals surface area contributed by atoms with Crippen LogP contribution in [0.15, 0.2) is 17.1 Å². The highest BCUT2D eigenvalue weighted by molar-refractivity contribution is 6.34. The molecule has 4 nitrogen and oxygen atoms in total. The van der Waals surface area contributed by atoms with Crippen molar-refractivity contribution in [3.8, 4) is 0 Å². The average Bonchev–Trinajstić information content (AvgIpc) is 2.57. The molecule has 2 rings (SSSR count). The van der Waals surface area contributed by atoms with Crippen LogP contribution in [-0.4, -0.2) is 18.2 Å². The topological polar surface area (TPSA) is 64.7 Å². The van der Waals surface area contributed by atoms with Crippen molar-refractivity contribution in [1.29, 1.82) is 0 Å². The van der Waals surface area contributed by atoms with Gasteiger partial charge in [0.2, 0.25) is 5.66 Å². The zero-order valence-electron chi connectivity index (χ0n) is 9.04. The van der Waals surface area contributed by atoms with E-state index in [4.69, 9.17) is 33.7 Å².